The summed E-state index contributed by atoms with van der Waals surface area (Å²) >= 11 is 0. The monoisotopic (exact) mass is 330 g/mol. The van der Waals surface area contributed by atoms with Gasteiger partial charge in [-0.15, -0.1) is 0 Å². The fourth-order valence-electron chi connectivity index (χ4n) is 5.43. The van der Waals surface area contributed by atoms with Gasteiger partial charge in [0.25, 0.3) is 0 Å². The standard InChI is InChI=1S/C24H28N/c1-22(2)20-8-6-5-7-18(20)19-10-9-17(15-21(19)22)25-16-23(3)11-13-24(25,4)14-12-23/h5-10,15-16H,11-14H2,1-4H3/q+1. The summed E-state index contributed by atoms with van der Waals surface area (Å²) in [6.07, 6.45) is 7.82. The Kier molecular flexibility index (Phi) is 2.85. The average molecular weight is 330 g/mol. The third-order valence-electron chi connectivity index (χ3n) is 7.34. The number of hydrogen-bond acceptors (Lipinski definition) is 0. The average Bonchev–Trinajstić information content (AvgIpc) is 2.84. The molecule has 2 heterocycles. The van der Waals surface area contributed by atoms with E-state index < -0.39 is 0 Å². The van der Waals surface area contributed by atoms with Crippen LogP contribution in [0, 0.1) is 5.41 Å². The van der Waals surface area contributed by atoms with Crippen molar-refractivity contribution in [1.29, 1.82) is 0 Å². The minimum Gasteiger partial charge on any atom is -0.197 e. The van der Waals surface area contributed by atoms with Gasteiger partial charge in [-0.1, -0.05) is 45.0 Å². The van der Waals surface area contributed by atoms with Crippen LogP contribution in [0.25, 0.3) is 11.1 Å². The van der Waals surface area contributed by atoms with Crippen molar-refractivity contribution in [3.05, 3.63) is 53.6 Å². The Hall–Kier alpha value is -1.89. The highest BCUT2D eigenvalue weighted by atomic mass is 15.1. The Morgan fingerprint density at radius 3 is 2.20 bits per heavy atom. The minimum atomic E-state index is 0.0849. The third kappa shape index (κ3) is 1.99. The summed E-state index contributed by atoms with van der Waals surface area (Å²) in [4.78, 5) is 0. The highest BCUT2D eigenvalue weighted by molar-refractivity contribution is 5.81. The summed E-state index contributed by atoms with van der Waals surface area (Å²) < 4.78 is 2.61. The molecule has 4 aliphatic rings. The van der Waals surface area contributed by atoms with E-state index in [1.54, 1.807) is 0 Å². The predicted octanol–water partition coefficient (Wildman–Crippen LogP) is 6.06. The SMILES string of the molecule is CC12C=[N+](c3ccc4c(c3)C(C)(C)c3ccccc3-4)C(C)(CC1)CC2. The van der Waals surface area contributed by atoms with Crippen LogP contribution in [0.3, 0.4) is 0 Å². The van der Waals surface area contributed by atoms with Crippen LogP contribution in [0.5, 0.6) is 0 Å². The smallest absolute Gasteiger partial charge is 0.197 e. The van der Waals surface area contributed by atoms with Gasteiger partial charge in [0.15, 0.2) is 11.8 Å². The van der Waals surface area contributed by atoms with Gasteiger partial charge in [-0.05, 0) is 41.2 Å². The van der Waals surface area contributed by atoms with Gasteiger partial charge in [-0.25, -0.2) is 0 Å². The number of hydrogen-bond donors (Lipinski definition) is 0. The molecule has 2 aliphatic carbocycles. The maximum Gasteiger partial charge on any atom is 0.205 e. The first-order chi connectivity index (χ1) is 11.8. The quantitative estimate of drug-likeness (QED) is 0.559. The van der Waals surface area contributed by atoms with E-state index in [0.717, 1.165) is 0 Å². The minimum absolute atomic E-state index is 0.0849. The lowest BCUT2D eigenvalue weighted by atomic mass is 9.66. The molecule has 0 unspecified atom stereocenters. The zero-order valence-electron chi connectivity index (χ0n) is 15.9. The Labute approximate surface area is 151 Å². The highest BCUT2D eigenvalue weighted by Gasteiger charge is 2.51. The van der Waals surface area contributed by atoms with Crippen LogP contribution in [-0.2, 0) is 5.41 Å². The van der Waals surface area contributed by atoms with E-state index in [9.17, 15) is 0 Å². The zero-order valence-corrected chi connectivity index (χ0v) is 15.9. The molecule has 0 N–H and O–H groups in total. The lowest BCUT2D eigenvalue weighted by molar-refractivity contribution is -0.547. The summed E-state index contributed by atoms with van der Waals surface area (Å²) in [5.41, 5.74) is 7.92. The maximum atomic E-state index is 2.61. The van der Waals surface area contributed by atoms with Gasteiger partial charge in [0.1, 0.15) is 0 Å². The molecule has 0 saturated heterocycles. The topological polar surface area (TPSA) is 3.01 Å². The molecule has 6 rings (SSSR count). The number of benzene rings is 2. The van der Waals surface area contributed by atoms with Crippen LogP contribution in [-0.4, -0.2) is 16.3 Å². The van der Waals surface area contributed by atoms with E-state index in [4.69, 9.17) is 0 Å². The van der Waals surface area contributed by atoms with Gasteiger partial charge in [-0.2, -0.15) is 4.58 Å². The van der Waals surface area contributed by atoms with Crippen molar-refractivity contribution < 1.29 is 4.58 Å². The van der Waals surface area contributed by atoms with Crippen LogP contribution in [0.15, 0.2) is 42.5 Å². The van der Waals surface area contributed by atoms with E-state index in [1.165, 1.54) is 53.6 Å². The summed E-state index contributed by atoms with van der Waals surface area (Å²) in [5.74, 6) is 0. The summed E-state index contributed by atoms with van der Waals surface area (Å²) in [6, 6.07) is 16.1. The normalized spacial score (nSPS) is 31.4. The van der Waals surface area contributed by atoms with Crippen molar-refractivity contribution in [3.63, 3.8) is 0 Å². The van der Waals surface area contributed by atoms with Crippen LogP contribution in [0.4, 0.5) is 5.69 Å². The third-order valence-corrected chi connectivity index (χ3v) is 7.34. The van der Waals surface area contributed by atoms with Gasteiger partial charge in [0, 0.05) is 42.7 Å². The van der Waals surface area contributed by atoms with Gasteiger partial charge >= 0.3 is 0 Å². The van der Waals surface area contributed by atoms with E-state index in [-0.39, 0.29) is 5.41 Å². The fourth-order valence-corrected chi connectivity index (χ4v) is 5.43. The molecular weight excluding hydrogens is 302 g/mol. The molecule has 0 spiro atoms. The van der Waals surface area contributed by atoms with E-state index in [0.29, 0.717) is 11.0 Å². The van der Waals surface area contributed by atoms with Gasteiger partial charge in [0.2, 0.25) is 5.69 Å². The molecule has 0 atom stereocenters. The molecule has 0 aromatic heterocycles. The van der Waals surface area contributed by atoms with Crippen LogP contribution >= 0.6 is 0 Å². The lowest BCUT2D eigenvalue weighted by Crippen LogP contribution is -2.51. The first-order valence-corrected chi connectivity index (χ1v) is 9.72. The molecule has 25 heavy (non-hydrogen) atoms. The first-order valence-electron chi connectivity index (χ1n) is 9.72. The van der Waals surface area contributed by atoms with E-state index in [1.807, 2.05) is 0 Å². The van der Waals surface area contributed by atoms with Crippen LogP contribution < -0.4 is 0 Å². The Morgan fingerprint density at radius 1 is 0.760 bits per heavy atom. The molecule has 1 saturated carbocycles. The number of nitrogens with zero attached hydrogens (tertiary/aromatic N) is 1. The molecule has 1 fully saturated rings. The number of fused-ring (bicyclic) bond motifs is 5. The number of rotatable bonds is 1. The van der Waals surface area contributed by atoms with Crippen LogP contribution in [0.1, 0.15) is 64.5 Å². The Balaban J connectivity index is 1.69. The van der Waals surface area contributed by atoms with Crippen molar-refractivity contribution in [1.82, 2.24) is 0 Å². The molecular formula is C24H28N+. The summed E-state index contributed by atoms with van der Waals surface area (Å²) in [7, 11) is 0. The molecule has 0 amide bonds. The Morgan fingerprint density at radius 2 is 1.44 bits per heavy atom. The first kappa shape index (κ1) is 15.4. The largest absolute Gasteiger partial charge is 0.205 e. The fraction of sp³-hybridized carbons (Fsp3) is 0.458. The molecule has 0 radical (unpaired) electrons. The second-order valence-electron chi connectivity index (χ2n) is 9.55. The molecule has 2 aromatic carbocycles. The maximum absolute atomic E-state index is 2.61. The van der Waals surface area contributed by atoms with Crippen LogP contribution in [0.2, 0.25) is 0 Å². The van der Waals surface area contributed by atoms with Crippen molar-refractivity contribution in [3.8, 4) is 11.1 Å². The summed E-state index contributed by atoms with van der Waals surface area (Å²) in [5, 5.41) is 0. The zero-order chi connectivity index (χ0) is 17.4. The Bertz CT molecular complexity index is 907. The van der Waals surface area contributed by atoms with E-state index in [2.05, 4.69) is 80.9 Å². The molecule has 128 valence electrons. The predicted molar refractivity (Wildman–Crippen MR) is 105 cm³/mol. The molecule has 1 nitrogen and oxygen atoms in total. The van der Waals surface area contributed by atoms with Crippen molar-refractivity contribution >= 4 is 11.9 Å². The van der Waals surface area contributed by atoms with E-state index >= 15 is 0 Å². The second kappa shape index (κ2) is 4.63. The molecule has 1 heteroatoms. The molecule has 2 bridgehead atoms. The van der Waals surface area contributed by atoms with Gasteiger partial charge in [0.05, 0.1) is 0 Å². The second-order valence-corrected chi connectivity index (χ2v) is 9.55. The molecule has 2 aromatic rings. The van der Waals surface area contributed by atoms with Crippen molar-refractivity contribution in [2.45, 2.75) is 64.3 Å². The molecule has 2 aliphatic heterocycles. The van der Waals surface area contributed by atoms with Gasteiger partial charge in [-0.3, -0.25) is 0 Å². The van der Waals surface area contributed by atoms with Crippen molar-refractivity contribution in [2.24, 2.45) is 5.41 Å². The van der Waals surface area contributed by atoms with Gasteiger partial charge < -0.3 is 0 Å². The lowest BCUT2D eigenvalue weighted by Gasteiger charge is -2.43. The highest BCUT2D eigenvalue weighted by Crippen LogP contribution is 2.52. The summed E-state index contributed by atoms with van der Waals surface area (Å²) in [6.45, 7) is 9.63. The van der Waals surface area contributed by atoms with Crippen molar-refractivity contribution in [2.75, 3.05) is 0 Å².